The molecular weight excluding hydrogens is 438 g/mol. The lowest BCUT2D eigenvalue weighted by Crippen LogP contribution is -2.34. The van der Waals surface area contributed by atoms with Gasteiger partial charge in [0, 0.05) is 49.4 Å². The smallest absolute Gasteiger partial charge is 0.151 e. The molecule has 33 heavy (non-hydrogen) atoms. The number of anilines is 1. The zero-order chi connectivity index (χ0) is 22.4. The molecule has 0 saturated carbocycles. The quantitative estimate of drug-likeness (QED) is 0.586. The summed E-state index contributed by atoms with van der Waals surface area (Å²) in [6.45, 7) is 7.07. The van der Waals surface area contributed by atoms with Crippen molar-refractivity contribution in [2.75, 3.05) is 31.2 Å². The fraction of sp³-hybridized carbons (Fsp3) is 0.500. The molecule has 0 bridgehead atoms. The van der Waals surface area contributed by atoms with Gasteiger partial charge in [0.1, 0.15) is 11.6 Å². The van der Waals surface area contributed by atoms with Crippen LogP contribution in [0.5, 0.6) is 0 Å². The number of benzene rings is 1. The van der Waals surface area contributed by atoms with Crippen molar-refractivity contribution in [1.82, 2.24) is 29.6 Å². The van der Waals surface area contributed by atoms with Gasteiger partial charge in [-0.3, -0.25) is 14.5 Å². The summed E-state index contributed by atoms with van der Waals surface area (Å²) in [5.41, 5.74) is 3.33. The summed E-state index contributed by atoms with van der Waals surface area (Å²) in [5, 5.41) is 10.2. The SMILES string of the molecule is Cc1cncc(N2CCC(c3nnc4n3-c3ccc(Cl)cc3CN([C@@H]3CCOC3)C4)CC2)n1. The molecule has 3 aliphatic heterocycles. The summed E-state index contributed by atoms with van der Waals surface area (Å²) in [7, 11) is 0. The van der Waals surface area contributed by atoms with E-state index in [1.165, 1.54) is 5.56 Å². The van der Waals surface area contributed by atoms with Crippen LogP contribution >= 0.6 is 11.6 Å². The molecule has 0 amide bonds. The Morgan fingerprint density at radius 3 is 2.73 bits per heavy atom. The monoisotopic (exact) mass is 465 g/mol. The number of fused-ring (bicyclic) bond motifs is 3. The predicted molar refractivity (Wildman–Crippen MR) is 126 cm³/mol. The normalized spacial score (nSPS) is 21.6. The average Bonchev–Trinajstić information content (AvgIpc) is 3.47. The highest BCUT2D eigenvalue weighted by atomic mass is 35.5. The summed E-state index contributed by atoms with van der Waals surface area (Å²) >= 11 is 6.41. The summed E-state index contributed by atoms with van der Waals surface area (Å²) in [4.78, 5) is 13.8. The minimum absolute atomic E-state index is 0.352. The summed E-state index contributed by atoms with van der Waals surface area (Å²) in [6, 6.07) is 6.60. The minimum atomic E-state index is 0.352. The van der Waals surface area contributed by atoms with E-state index in [1.54, 1.807) is 6.20 Å². The second-order valence-electron chi connectivity index (χ2n) is 9.29. The van der Waals surface area contributed by atoms with E-state index in [1.807, 2.05) is 19.2 Å². The zero-order valence-corrected chi connectivity index (χ0v) is 19.6. The van der Waals surface area contributed by atoms with E-state index in [2.05, 4.69) is 41.6 Å². The van der Waals surface area contributed by atoms with Gasteiger partial charge < -0.3 is 9.64 Å². The maximum absolute atomic E-state index is 6.41. The first-order valence-electron chi connectivity index (χ1n) is 11.7. The number of aryl methyl sites for hydroxylation is 1. The van der Waals surface area contributed by atoms with Crippen molar-refractivity contribution in [2.24, 2.45) is 0 Å². The molecule has 1 atom stereocenters. The van der Waals surface area contributed by atoms with Crippen molar-refractivity contribution in [3.63, 3.8) is 0 Å². The molecule has 1 aromatic carbocycles. The van der Waals surface area contributed by atoms with E-state index in [0.29, 0.717) is 12.0 Å². The van der Waals surface area contributed by atoms with Crippen molar-refractivity contribution in [1.29, 1.82) is 0 Å². The molecule has 5 heterocycles. The van der Waals surface area contributed by atoms with E-state index in [9.17, 15) is 0 Å². The molecule has 3 aliphatic rings. The van der Waals surface area contributed by atoms with Gasteiger partial charge in [-0.1, -0.05) is 11.6 Å². The van der Waals surface area contributed by atoms with Gasteiger partial charge in [0.25, 0.3) is 0 Å². The molecule has 0 spiro atoms. The zero-order valence-electron chi connectivity index (χ0n) is 18.8. The van der Waals surface area contributed by atoms with Gasteiger partial charge >= 0.3 is 0 Å². The maximum Gasteiger partial charge on any atom is 0.151 e. The van der Waals surface area contributed by atoms with Crippen molar-refractivity contribution >= 4 is 17.4 Å². The molecule has 9 heteroatoms. The van der Waals surface area contributed by atoms with Crippen LogP contribution in [0.4, 0.5) is 5.82 Å². The highest BCUT2D eigenvalue weighted by molar-refractivity contribution is 6.30. The molecule has 6 rings (SSSR count). The minimum Gasteiger partial charge on any atom is -0.380 e. The lowest BCUT2D eigenvalue weighted by Gasteiger charge is -2.32. The molecule has 2 aromatic heterocycles. The molecule has 8 nitrogen and oxygen atoms in total. The number of piperidine rings is 1. The lowest BCUT2D eigenvalue weighted by atomic mass is 9.95. The topological polar surface area (TPSA) is 72.2 Å². The number of aromatic nitrogens is 5. The van der Waals surface area contributed by atoms with Crippen LogP contribution in [0.2, 0.25) is 5.02 Å². The number of halogens is 1. The first-order valence-corrected chi connectivity index (χ1v) is 12.1. The largest absolute Gasteiger partial charge is 0.380 e. The molecular formula is C24H28ClN7O. The molecule has 2 saturated heterocycles. The fourth-order valence-electron chi connectivity index (χ4n) is 5.35. The van der Waals surface area contributed by atoms with Gasteiger partial charge in [-0.15, -0.1) is 10.2 Å². The number of rotatable bonds is 3. The Hall–Kier alpha value is -2.55. The van der Waals surface area contributed by atoms with E-state index in [0.717, 1.165) is 92.5 Å². The molecule has 172 valence electrons. The van der Waals surface area contributed by atoms with E-state index in [-0.39, 0.29) is 0 Å². The number of hydrogen-bond acceptors (Lipinski definition) is 7. The average molecular weight is 466 g/mol. The second-order valence-corrected chi connectivity index (χ2v) is 9.72. The Morgan fingerprint density at radius 1 is 1.06 bits per heavy atom. The third-order valence-corrected chi connectivity index (χ3v) is 7.34. The van der Waals surface area contributed by atoms with Gasteiger partial charge in [0.05, 0.1) is 30.7 Å². The summed E-state index contributed by atoms with van der Waals surface area (Å²) in [6.07, 6.45) is 6.73. The standard InChI is InChI=1S/C24H28ClN7O/c1-16-11-26-12-22(27-16)30-7-4-17(5-8-30)24-29-28-23-14-31(20-6-9-33-15-20)13-18-10-19(25)2-3-21(18)32(23)24/h2-3,10-12,17,20H,4-9,13-15H2,1H3/t20-/m1/s1. The van der Waals surface area contributed by atoms with Crippen LogP contribution in [0.1, 0.15) is 48.1 Å². The highest BCUT2D eigenvalue weighted by Gasteiger charge is 2.33. The van der Waals surface area contributed by atoms with Gasteiger partial charge in [-0.2, -0.15) is 0 Å². The molecule has 0 unspecified atom stereocenters. The van der Waals surface area contributed by atoms with Crippen LogP contribution < -0.4 is 4.90 Å². The van der Waals surface area contributed by atoms with Crippen molar-refractivity contribution in [2.45, 2.75) is 51.2 Å². The fourth-order valence-corrected chi connectivity index (χ4v) is 5.55. The van der Waals surface area contributed by atoms with Gasteiger partial charge in [0.15, 0.2) is 5.82 Å². The van der Waals surface area contributed by atoms with Gasteiger partial charge in [-0.25, -0.2) is 4.98 Å². The van der Waals surface area contributed by atoms with E-state index >= 15 is 0 Å². The molecule has 0 N–H and O–H groups in total. The highest BCUT2D eigenvalue weighted by Crippen LogP contribution is 2.35. The van der Waals surface area contributed by atoms with Gasteiger partial charge in [0.2, 0.25) is 0 Å². The Labute approximate surface area is 198 Å². The van der Waals surface area contributed by atoms with Crippen LogP contribution in [0.25, 0.3) is 5.69 Å². The number of ether oxygens (including phenoxy) is 1. The Balaban J connectivity index is 1.30. The van der Waals surface area contributed by atoms with Crippen molar-refractivity contribution in [3.05, 3.63) is 58.5 Å². The third-order valence-electron chi connectivity index (χ3n) is 7.10. The van der Waals surface area contributed by atoms with Crippen LogP contribution in [0.3, 0.4) is 0 Å². The van der Waals surface area contributed by atoms with Crippen LogP contribution in [-0.2, 0) is 17.8 Å². The van der Waals surface area contributed by atoms with Crippen LogP contribution in [-0.4, -0.2) is 62.0 Å². The Kier molecular flexibility index (Phi) is 5.52. The van der Waals surface area contributed by atoms with E-state index < -0.39 is 0 Å². The van der Waals surface area contributed by atoms with Gasteiger partial charge in [-0.05, 0) is 49.9 Å². The number of hydrogen-bond donors (Lipinski definition) is 0. The number of nitrogens with zero attached hydrogens (tertiary/aromatic N) is 7. The maximum atomic E-state index is 6.41. The summed E-state index contributed by atoms with van der Waals surface area (Å²) < 4.78 is 7.98. The first-order chi connectivity index (χ1) is 16.2. The van der Waals surface area contributed by atoms with Crippen molar-refractivity contribution < 1.29 is 4.74 Å². The molecule has 0 aliphatic carbocycles. The van der Waals surface area contributed by atoms with Crippen LogP contribution in [0.15, 0.2) is 30.6 Å². The molecule has 2 fully saturated rings. The lowest BCUT2D eigenvalue weighted by molar-refractivity contribution is 0.133. The Morgan fingerprint density at radius 2 is 1.94 bits per heavy atom. The van der Waals surface area contributed by atoms with Crippen molar-refractivity contribution in [3.8, 4) is 5.69 Å². The first kappa shape index (κ1) is 21.0. The third kappa shape index (κ3) is 4.00. The molecule has 0 radical (unpaired) electrons. The van der Waals surface area contributed by atoms with E-state index in [4.69, 9.17) is 21.4 Å². The second kappa shape index (κ2) is 8.66. The molecule has 3 aromatic rings. The van der Waals surface area contributed by atoms with Crippen LogP contribution in [0, 0.1) is 6.92 Å². The predicted octanol–water partition coefficient (Wildman–Crippen LogP) is 3.51. The summed E-state index contributed by atoms with van der Waals surface area (Å²) in [5.74, 6) is 3.38. The Bertz CT molecular complexity index is 1150.